The Bertz CT molecular complexity index is 416. The SMILES string of the molecule is CN(CC1CCCCO1)C(=O)c1cc(N)ccn1. The summed E-state index contributed by atoms with van der Waals surface area (Å²) in [7, 11) is 1.77. The lowest BCUT2D eigenvalue weighted by Gasteiger charge is -2.27. The van der Waals surface area contributed by atoms with Gasteiger partial charge in [0.2, 0.25) is 0 Å². The molecule has 18 heavy (non-hydrogen) atoms. The van der Waals surface area contributed by atoms with Crippen molar-refractivity contribution in [3.05, 3.63) is 24.0 Å². The molecular formula is C13H19N3O2. The topological polar surface area (TPSA) is 68.5 Å². The second-order valence-corrected chi connectivity index (χ2v) is 4.65. The third kappa shape index (κ3) is 3.20. The molecule has 5 nitrogen and oxygen atoms in total. The summed E-state index contributed by atoms with van der Waals surface area (Å²) in [5.41, 5.74) is 6.58. The van der Waals surface area contributed by atoms with Gasteiger partial charge in [-0.05, 0) is 31.4 Å². The Morgan fingerprint density at radius 1 is 1.61 bits per heavy atom. The van der Waals surface area contributed by atoms with E-state index < -0.39 is 0 Å². The molecule has 98 valence electrons. The van der Waals surface area contributed by atoms with Crippen LogP contribution in [0.15, 0.2) is 18.3 Å². The number of rotatable bonds is 3. The van der Waals surface area contributed by atoms with Gasteiger partial charge >= 0.3 is 0 Å². The van der Waals surface area contributed by atoms with E-state index in [0.29, 0.717) is 17.9 Å². The molecule has 0 spiro atoms. The van der Waals surface area contributed by atoms with Gasteiger partial charge in [-0.3, -0.25) is 9.78 Å². The van der Waals surface area contributed by atoms with Crippen molar-refractivity contribution in [3.8, 4) is 0 Å². The van der Waals surface area contributed by atoms with Gasteiger partial charge in [0.25, 0.3) is 5.91 Å². The molecule has 1 aromatic rings. The molecule has 2 N–H and O–H groups in total. The minimum Gasteiger partial charge on any atom is -0.399 e. The van der Waals surface area contributed by atoms with Gasteiger partial charge in [0, 0.05) is 32.1 Å². The minimum atomic E-state index is -0.114. The number of likely N-dealkylation sites (N-methyl/N-ethyl adjacent to an activating group) is 1. The normalized spacial score (nSPS) is 19.5. The Morgan fingerprint density at radius 3 is 3.11 bits per heavy atom. The van der Waals surface area contributed by atoms with Crippen molar-refractivity contribution in [2.24, 2.45) is 0 Å². The third-order valence-electron chi connectivity index (χ3n) is 3.10. The van der Waals surface area contributed by atoms with Crippen LogP contribution in [0.1, 0.15) is 29.8 Å². The Labute approximate surface area is 107 Å². The van der Waals surface area contributed by atoms with Crippen LogP contribution in [-0.2, 0) is 4.74 Å². The number of aromatic nitrogens is 1. The molecule has 2 rings (SSSR count). The summed E-state index contributed by atoms with van der Waals surface area (Å²) in [6.45, 7) is 1.40. The summed E-state index contributed by atoms with van der Waals surface area (Å²) in [5, 5.41) is 0. The van der Waals surface area contributed by atoms with Crippen LogP contribution >= 0.6 is 0 Å². The van der Waals surface area contributed by atoms with Gasteiger partial charge in [-0.1, -0.05) is 0 Å². The Kier molecular flexibility index (Phi) is 4.15. The maximum absolute atomic E-state index is 12.1. The second kappa shape index (κ2) is 5.82. The van der Waals surface area contributed by atoms with Crippen molar-refractivity contribution < 1.29 is 9.53 Å². The van der Waals surface area contributed by atoms with E-state index in [1.807, 2.05) is 0 Å². The van der Waals surface area contributed by atoms with Crippen molar-refractivity contribution in [2.75, 3.05) is 25.9 Å². The number of nitrogen functional groups attached to an aromatic ring is 1. The summed E-state index contributed by atoms with van der Waals surface area (Å²) < 4.78 is 5.62. The quantitative estimate of drug-likeness (QED) is 0.876. The van der Waals surface area contributed by atoms with Crippen molar-refractivity contribution in [1.29, 1.82) is 0 Å². The number of nitrogens with zero attached hydrogens (tertiary/aromatic N) is 2. The number of carbonyl (C=O) groups is 1. The number of anilines is 1. The smallest absolute Gasteiger partial charge is 0.272 e. The fraction of sp³-hybridized carbons (Fsp3) is 0.538. The molecule has 5 heteroatoms. The van der Waals surface area contributed by atoms with E-state index in [0.717, 1.165) is 19.4 Å². The van der Waals surface area contributed by atoms with Gasteiger partial charge in [-0.25, -0.2) is 0 Å². The number of carbonyl (C=O) groups excluding carboxylic acids is 1. The zero-order valence-corrected chi connectivity index (χ0v) is 10.6. The first-order valence-corrected chi connectivity index (χ1v) is 6.25. The van der Waals surface area contributed by atoms with Crippen LogP contribution in [0.25, 0.3) is 0 Å². The predicted molar refractivity (Wildman–Crippen MR) is 69.2 cm³/mol. The summed E-state index contributed by atoms with van der Waals surface area (Å²) >= 11 is 0. The lowest BCUT2D eigenvalue weighted by Crippen LogP contribution is -2.37. The largest absolute Gasteiger partial charge is 0.399 e. The number of nitrogens with two attached hydrogens (primary N) is 1. The maximum Gasteiger partial charge on any atom is 0.272 e. The van der Waals surface area contributed by atoms with Crippen molar-refractivity contribution >= 4 is 11.6 Å². The van der Waals surface area contributed by atoms with Crippen LogP contribution in [0.3, 0.4) is 0 Å². The molecule has 1 unspecified atom stereocenters. The van der Waals surface area contributed by atoms with E-state index in [1.165, 1.54) is 6.42 Å². The standard InChI is InChI=1S/C13H19N3O2/c1-16(9-11-4-2-3-7-18-11)13(17)12-8-10(14)5-6-15-12/h5-6,8,11H,2-4,7,9H2,1H3,(H2,14,15). The molecule has 1 aliphatic rings. The fourth-order valence-corrected chi connectivity index (χ4v) is 2.10. The molecule has 0 aliphatic carbocycles. The van der Waals surface area contributed by atoms with E-state index in [-0.39, 0.29) is 12.0 Å². The third-order valence-corrected chi connectivity index (χ3v) is 3.10. The van der Waals surface area contributed by atoms with Crippen LogP contribution in [0.4, 0.5) is 5.69 Å². The van der Waals surface area contributed by atoms with Gasteiger partial charge in [-0.2, -0.15) is 0 Å². The van der Waals surface area contributed by atoms with E-state index in [9.17, 15) is 4.79 Å². The van der Waals surface area contributed by atoms with Crippen LogP contribution in [0, 0.1) is 0 Å². The first-order chi connectivity index (χ1) is 8.66. The van der Waals surface area contributed by atoms with Crippen molar-refractivity contribution in [3.63, 3.8) is 0 Å². The molecule has 1 fully saturated rings. The number of hydrogen-bond acceptors (Lipinski definition) is 4. The van der Waals surface area contributed by atoms with Gasteiger partial charge in [0.1, 0.15) is 5.69 Å². The van der Waals surface area contributed by atoms with Gasteiger partial charge in [-0.15, -0.1) is 0 Å². The van der Waals surface area contributed by atoms with Crippen molar-refractivity contribution in [1.82, 2.24) is 9.88 Å². The predicted octanol–water partition coefficient (Wildman–Crippen LogP) is 1.30. The first-order valence-electron chi connectivity index (χ1n) is 6.25. The number of hydrogen-bond donors (Lipinski definition) is 1. The summed E-state index contributed by atoms with van der Waals surface area (Å²) in [6.07, 6.45) is 5.00. The summed E-state index contributed by atoms with van der Waals surface area (Å²) in [5.74, 6) is -0.114. The Hall–Kier alpha value is -1.62. The van der Waals surface area contributed by atoms with Crippen LogP contribution in [0.2, 0.25) is 0 Å². The highest BCUT2D eigenvalue weighted by Gasteiger charge is 2.20. The molecule has 1 aliphatic heterocycles. The zero-order chi connectivity index (χ0) is 13.0. The molecule has 1 atom stereocenters. The van der Waals surface area contributed by atoms with E-state index >= 15 is 0 Å². The van der Waals surface area contributed by atoms with E-state index in [2.05, 4.69) is 4.98 Å². The Balaban J connectivity index is 1.95. The van der Waals surface area contributed by atoms with Crippen LogP contribution in [-0.4, -0.2) is 42.1 Å². The average molecular weight is 249 g/mol. The average Bonchev–Trinajstić information content (AvgIpc) is 2.39. The molecule has 1 aromatic heterocycles. The van der Waals surface area contributed by atoms with Crippen LogP contribution in [0.5, 0.6) is 0 Å². The number of amides is 1. The van der Waals surface area contributed by atoms with Gasteiger partial charge < -0.3 is 15.4 Å². The molecule has 1 amide bonds. The van der Waals surface area contributed by atoms with E-state index in [1.54, 1.807) is 30.3 Å². The highest BCUT2D eigenvalue weighted by Crippen LogP contribution is 2.14. The molecule has 2 heterocycles. The highest BCUT2D eigenvalue weighted by molar-refractivity contribution is 5.92. The zero-order valence-electron chi connectivity index (χ0n) is 10.6. The monoisotopic (exact) mass is 249 g/mol. The van der Waals surface area contributed by atoms with Gasteiger partial charge in [0.05, 0.1) is 6.10 Å². The first kappa shape index (κ1) is 12.8. The number of pyridine rings is 1. The fourth-order valence-electron chi connectivity index (χ4n) is 2.10. The molecule has 0 bridgehead atoms. The molecule has 0 saturated carbocycles. The highest BCUT2D eigenvalue weighted by atomic mass is 16.5. The maximum atomic E-state index is 12.1. The van der Waals surface area contributed by atoms with E-state index in [4.69, 9.17) is 10.5 Å². The molecular weight excluding hydrogens is 230 g/mol. The summed E-state index contributed by atoms with van der Waals surface area (Å²) in [6, 6.07) is 3.27. The molecule has 1 saturated heterocycles. The number of ether oxygens (including phenoxy) is 1. The minimum absolute atomic E-state index is 0.114. The van der Waals surface area contributed by atoms with Crippen LogP contribution < -0.4 is 5.73 Å². The summed E-state index contributed by atoms with van der Waals surface area (Å²) in [4.78, 5) is 17.8. The lowest BCUT2D eigenvalue weighted by molar-refractivity contribution is -0.000287. The van der Waals surface area contributed by atoms with Crippen molar-refractivity contribution in [2.45, 2.75) is 25.4 Å². The lowest BCUT2D eigenvalue weighted by atomic mass is 10.1. The molecule has 0 radical (unpaired) electrons. The van der Waals surface area contributed by atoms with Gasteiger partial charge in [0.15, 0.2) is 0 Å². The molecule has 0 aromatic carbocycles. The Morgan fingerprint density at radius 2 is 2.44 bits per heavy atom. The second-order valence-electron chi connectivity index (χ2n) is 4.65.